The largest absolute Gasteiger partial charge is 0.374 e. The van der Waals surface area contributed by atoms with Gasteiger partial charge in [0.25, 0.3) is 5.91 Å². The van der Waals surface area contributed by atoms with Crippen LogP contribution in [0.2, 0.25) is 0 Å². The number of anilines is 4. The minimum absolute atomic E-state index is 0.195. The van der Waals surface area contributed by atoms with Crippen LogP contribution in [0.3, 0.4) is 0 Å². The molecule has 0 saturated carbocycles. The summed E-state index contributed by atoms with van der Waals surface area (Å²) in [7, 11) is 3.45. The Morgan fingerprint density at radius 2 is 1.89 bits per heavy atom. The van der Waals surface area contributed by atoms with Gasteiger partial charge in [-0.15, -0.1) is 0 Å². The van der Waals surface area contributed by atoms with E-state index < -0.39 is 5.60 Å². The van der Waals surface area contributed by atoms with E-state index in [4.69, 9.17) is 4.74 Å². The number of aryl methyl sites for hydroxylation is 1. The standard InChI is InChI=1S/C26H29N7O2/c1-17-9-10-20(31-25(34)18-7-6-8-19(13-18)26(2,3)35-5)14-21(17)32-23-11-12-30-33(23)24-15-22(27-4)28-16-29-24/h6-16,32H,1-5H3,(H,31,34)(H,27,28,29). The van der Waals surface area contributed by atoms with Gasteiger partial charge in [0.2, 0.25) is 0 Å². The summed E-state index contributed by atoms with van der Waals surface area (Å²) in [6.07, 6.45) is 3.18. The number of hydrogen-bond acceptors (Lipinski definition) is 7. The second-order valence-corrected chi connectivity index (χ2v) is 8.54. The van der Waals surface area contributed by atoms with Gasteiger partial charge in [0.1, 0.15) is 18.0 Å². The SMILES string of the molecule is CNc1cc(-n2nccc2Nc2cc(NC(=O)c3cccc(C(C)(C)OC)c3)ccc2C)ncn1. The lowest BCUT2D eigenvalue weighted by Crippen LogP contribution is -2.20. The third kappa shape index (κ3) is 5.30. The van der Waals surface area contributed by atoms with Gasteiger partial charge in [-0.25, -0.2) is 9.97 Å². The Balaban J connectivity index is 1.56. The summed E-state index contributed by atoms with van der Waals surface area (Å²) < 4.78 is 7.24. The van der Waals surface area contributed by atoms with Crippen molar-refractivity contribution in [3.8, 4) is 5.82 Å². The minimum Gasteiger partial charge on any atom is -0.374 e. The second kappa shape index (κ2) is 9.94. The van der Waals surface area contributed by atoms with Crippen molar-refractivity contribution in [2.45, 2.75) is 26.4 Å². The van der Waals surface area contributed by atoms with E-state index >= 15 is 0 Å². The molecule has 180 valence electrons. The molecule has 2 heterocycles. The number of benzene rings is 2. The molecule has 35 heavy (non-hydrogen) atoms. The van der Waals surface area contributed by atoms with E-state index in [1.165, 1.54) is 6.33 Å². The van der Waals surface area contributed by atoms with Crippen molar-refractivity contribution in [2.75, 3.05) is 30.1 Å². The van der Waals surface area contributed by atoms with Crippen LogP contribution in [0.25, 0.3) is 5.82 Å². The first kappa shape index (κ1) is 23.9. The number of carbonyl (C=O) groups is 1. The van der Waals surface area contributed by atoms with Crippen molar-refractivity contribution >= 4 is 28.9 Å². The van der Waals surface area contributed by atoms with Crippen LogP contribution in [0, 0.1) is 6.92 Å². The lowest BCUT2D eigenvalue weighted by molar-refractivity contribution is 0.0192. The molecule has 0 bridgehead atoms. The van der Waals surface area contributed by atoms with E-state index in [0.717, 1.165) is 22.6 Å². The summed E-state index contributed by atoms with van der Waals surface area (Å²) in [5, 5.41) is 13.8. The van der Waals surface area contributed by atoms with Gasteiger partial charge >= 0.3 is 0 Å². The summed E-state index contributed by atoms with van der Waals surface area (Å²) >= 11 is 0. The number of methoxy groups -OCH3 is 1. The van der Waals surface area contributed by atoms with E-state index in [0.29, 0.717) is 22.9 Å². The van der Waals surface area contributed by atoms with Crippen molar-refractivity contribution in [3.05, 3.63) is 83.8 Å². The van der Waals surface area contributed by atoms with Gasteiger partial charge in [-0.05, 0) is 56.2 Å². The summed E-state index contributed by atoms with van der Waals surface area (Å²) in [4.78, 5) is 21.5. The first-order valence-electron chi connectivity index (χ1n) is 11.2. The zero-order chi connectivity index (χ0) is 25.0. The van der Waals surface area contributed by atoms with Gasteiger partial charge in [-0.1, -0.05) is 18.2 Å². The van der Waals surface area contributed by atoms with Gasteiger partial charge in [-0.2, -0.15) is 9.78 Å². The normalized spacial score (nSPS) is 11.2. The van der Waals surface area contributed by atoms with E-state index in [2.05, 4.69) is 31.0 Å². The maximum Gasteiger partial charge on any atom is 0.255 e. The van der Waals surface area contributed by atoms with E-state index in [9.17, 15) is 4.79 Å². The van der Waals surface area contributed by atoms with Crippen LogP contribution in [-0.4, -0.2) is 39.8 Å². The predicted molar refractivity (Wildman–Crippen MR) is 138 cm³/mol. The fraction of sp³-hybridized carbons (Fsp3) is 0.231. The van der Waals surface area contributed by atoms with Gasteiger partial charge in [0.15, 0.2) is 5.82 Å². The van der Waals surface area contributed by atoms with Crippen LogP contribution in [0.4, 0.5) is 23.0 Å². The van der Waals surface area contributed by atoms with Gasteiger partial charge in [-0.3, -0.25) is 4.79 Å². The second-order valence-electron chi connectivity index (χ2n) is 8.54. The molecule has 0 unspecified atom stereocenters. The van der Waals surface area contributed by atoms with Crippen LogP contribution >= 0.6 is 0 Å². The van der Waals surface area contributed by atoms with E-state index in [1.54, 1.807) is 37.2 Å². The molecule has 1 amide bonds. The zero-order valence-corrected chi connectivity index (χ0v) is 20.5. The lowest BCUT2D eigenvalue weighted by atomic mass is 9.96. The fourth-order valence-corrected chi connectivity index (χ4v) is 3.51. The Hall–Kier alpha value is -4.24. The number of hydrogen-bond donors (Lipinski definition) is 3. The third-order valence-electron chi connectivity index (χ3n) is 5.86. The number of ether oxygens (including phenoxy) is 1. The Labute approximate surface area is 204 Å². The highest BCUT2D eigenvalue weighted by atomic mass is 16.5. The zero-order valence-electron chi connectivity index (χ0n) is 20.5. The van der Waals surface area contributed by atoms with Crippen molar-refractivity contribution in [3.63, 3.8) is 0 Å². The van der Waals surface area contributed by atoms with Crippen molar-refractivity contribution in [1.82, 2.24) is 19.7 Å². The molecule has 0 saturated heterocycles. The molecule has 4 rings (SSSR count). The Morgan fingerprint density at radius 1 is 1.06 bits per heavy atom. The number of aromatic nitrogens is 4. The molecule has 0 aliphatic heterocycles. The summed E-state index contributed by atoms with van der Waals surface area (Å²) in [6, 6.07) is 16.8. The van der Waals surface area contributed by atoms with Crippen LogP contribution in [0.15, 0.2) is 67.1 Å². The molecule has 2 aromatic carbocycles. The van der Waals surface area contributed by atoms with Crippen LogP contribution in [0.5, 0.6) is 0 Å². The molecule has 0 radical (unpaired) electrons. The number of amides is 1. The fourth-order valence-electron chi connectivity index (χ4n) is 3.51. The van der Waals surface area contributed by atoms with E-state index in [1.807, 2.05) is 63.2 Å². The van der Waals surface area contributed by atoms with Gasteiger partial charge in [0.05, 0.1) is 11.8 Å². The number of rotatable bonds is 8. The number of carbonyl (C=O) groups excluding carboxylic acids is 1. The van der Waals surface area contributed by atoms with Crippen LogP contribution in [-0.2, 0) is 10.3 Å². The topological polar surface area (TPSA) is 106 Å². The molecule has 9 heteroatoms. The molecule has 0 aliphatic carbocycles. The van der Waals surface area contributed by atoms with Gasteiger partial charge in [0, 0.05) is 43.2 Å². The molecule has 0 spiro atoms. The Bertz CT molecular complexity index is 1350. The average Bonchev–Trinajstić information content (AvgIpc) is 3.34. The molecule has 3 N–H and O–H groups in total. The Morgan fingerprint density at radius 3 is 2.66 bits per heavy atom. The van der Waals surface area contributed by atoms with Crippen LogP contribution < -0.4 is 16.0 Å². The number of nitrogens with one attached hydrogen (secondary N) is 3. The quantitative estimate of drug-likeness (QED) is 0.336. The molecule has 2 aromatic heterocycles. The molecular weight excluding hydrogens is 442 g/mol. The molecule has 4 aromatic rings. The third-order valence-corrected chi connectivity index (χ3v) is 5.86. The monoisotopic (exact) mass is 471 g/mol. The molecule has 0 atom stereocenters. The molecule has 0 fully saturated rings. The van der Waals surface area contributed by atoms with Crippen molar-refractivity contribution in [2.24, 2.45) is 0 Å². The lowest BCUT2D eigenvalue weighted by Gasteiger charge is -2.23. The first-order valence-corrected chi connectivity index (χ1v) is 11.2. The van der Waals surface area contributed by atoms with Crippen molar-refractivity contribution in [1.29, 1.82) is 0 Å². The summed E-state index contributed by atoms with van der Waals surface area (Å²) in [6.45, 7) is 5.93. The maximum absolute atomic E-state index is 13.0. The highest BCUT2D eigenvalue weighted by molar-refractivity contribution is 6.04. The highest BCUT2D eigenvalue weighted by Gasteiger charge is 2.20. The first-order chi connectivity index (χ1) is 16.8. The smallest absolute Gasteiger partial charge is 0.255 e. The summed E-state index contributed by atoms with van der Waals surface area (Å²) in [5.41, 5.74) is 3.52. The van der Waals surface area contributed by atoms with E-state index in [-0.39, 0.29) is 5.91 Å². The van der Waals surface area contributed by atoms with Crippen molar-refractivity contribution < 1.29 is 9.53 Å². The highest BCUT2D eigenvalue weighted by Crippen LogP contribution is 2.27. The molecular formula is C26H29N7O2. The van der Waals surface area contributed by atoms with Crippen LogP contribution in [0.1, 0.15) is 35.3 Å². The molecule has 9 nitrogen and oxygen atoms in total. The maximum atomic E-state index is 13.0. The predicted octanol–water partition coefficient (Wildman–Crippen LogP) is 4.89. The van der Waals surface area contributed by atoms with Gasteiger partial charge < -0.3 is 20.7 Å². The molecule has 0 aliphatic rings. The average molecular weight is 472 g/mol. The minimum atomic E-state index is -0.488. The Kier molecular flexibility index (Phi) is 6.79. The number of nitrogens with zero attached hydrogens (tertiary/aromatic N) is 4. The summed E-state index contributed by atoms with van der Waals surface area (Å²) in [5.74, 6) is 1.85.